The number of thiophene rings is 1. The van der Waals surface area contributed by atoms with Crippen molar-refractivity contribution < 1.29 is 33.7 Å². The van der Waals surface area contributed by atoms with Crippen LogP contribution in [-0.4, -0.2) is 100 Å². The molecule has 50 heavy (non-hydrogen) atoms. The Morgan fingerprint density at radius 3 is 2.34 bits per heavy atom. The van der Waals surface area contributed by atoms with E-state index >= 15 is 0 Å². The summed E-state index contributed by atoms with van der Waals surface area (Å²) in [5.41, 5.74) is 4.53. The fourth-order valence-corrected chi connectivity index (χ4v) is 7.56. The molecule has 2 amide bonds. The second kappa shape index (κ2) is 15.8. The van der Waals surface area contributed by atoms with Crippen LogP contribution in [0.5, 0.6) is 0 Å². The molecular formula is C36H48N6O7S. The number of amides is 2. The van der Waals surface area contributed by atoms with Gasteiger partial charge in [0, 0.05) is 47.5 Å². The summed E-state index contributed by atoms with van der Waals surface area (Å²) < 4.78 is 18.9. The first kappa shape index (κ1) is 37.1. The van der Waals surface area contributed by atoms with E-state index in [-0.39, 0.29) is 37.4 Å². The molecule has 2 N–H and O–H groups in total. The number of aliphatic carboxylic acids is 1. The first-order valence-electron chi connectivity index (χ1n) is 17.0. The predicted molar refractivity (Wildman–Crippen MR) is 189 cm³/mol. The van der Waals surface area contributed by atoms with Gasteiger partial charge in [0.05, 0.1) is 32.0 Å². The standard InChI is InChI=1S/C36H48N6O7S/c1-21-8-10-27(11-9-21)32-31-22(2)23(3)50-34(31)42-24(4)39-40-33(42)28(38-32)15-29(43)37-12-13-47-18-25-14-26(19-48-20-30(44)45)17-41(16-25)35(46)49-36(5,6)7/h8-11,25-26,28H,12-20H2,1-7H3,(H,37,43)(H,44,45)/t25?,26?,28-/m0/s1. The topological polar surface area (TPSA) is 157 Å². The van der Waals surface area contributed by atoms with Gasteiger partial charge in [-0.3, -0.25) is 14.4 Å². The molecular weight excluding hydrogens is 660 g/mol. The van der Waals surface area contributed by atoms with Crippen LogP contribution < -0.4 is 5.32 Å². The summed E-state index contributed by atoms with van der Waals surface area (Å²) in [6.45, 7) is 15.3. The van der Waals surface area contributed by atoms with Crippen molar-refractivity contribution in [3.63, 3.8) is 0 Å². The van der Waals surface area contributed by atoms with Crippen LogP contribution in [0.4, 0.5) is 4.79 Å². The lowest BCUT2D eigenvalue weighted by atomic mass is 9.90. The number of ether oxygens (including phenoxy) is 3. The van der Waals surface area contributed by atoms with Crippen molar-refractivity contribution in [2.75, 3.05) is 46.1 Å². The molecule has 2 aliphatic rings. The number of benzene rings is 1. The molecule has 0 radical (unpaired) electrons. The lowest BCUT2D eigenvalue weighted by molar-refractivity contribution is -0.143. The van der Waals surface area contributed by atoms with Crippen LogP contribution >= 0.6 is 11.3 Å². The van der Waals surface area contributed by atoms with Gasteiger partial charge in [0.25, 0.3) is 0 Å². The minimum Gasteiger partial charge on any atom is -0.480 e. The normalized spacial score (nSPS) is 18.9. The number of aliphatic imine (C=N–C) groups is 1. The molecule has 4 heterocycles. The number of aromatic nitrogens is 3. The van der Waals surface area contributed by atoms with Gasteiger partial charge in [-0.25, -0.2) is 9.59 Å². The zero-order valence-electron chi connectivity index (χ0n) is 29.9. The number of fused-ring (bicyclic) bond motifs is 3. The van der Waals surface area contributed by atoms with Crippen molar-refractivity contribution in [2.45, 2.75) is 73.0 Å². The van der Waals surface area contributed by atoms with Crippen LogP contribution in [0.1, 0.15) is 78.4 Å². The third-order valence-electron chi connectivity index (χ3n) is 8.72. The first-order chi connectivity index (χ1) is 23.7. The first-order valence-corrected chi connectivity index (χ1v) is 17.8. The number of aryl methyl sites for hydroxylation is 3. The fraction of sp³-hybridized carbons (Fsp3) is 0.556. The third-order valence-corrected chi connectivity index (χ3v) is 9.91. The average molecular weight is 709 g/mol. The average Bonchev–Trinajstić information content (AvgIpc) is 3.52. The second-order valence-electron chi connectivity index (χ2n) is 14.2. The number of hydrogen-bond donors (Lipinski definition) is 2. The minimum atomic E-state index is -1.04. The summed E-state index contributed by atoms with van der Waals surface area (Å²) in [4.78, 5) is 45.2. The molecule has 0 saturated carbocycles. The molecule has 13 nitrogen and oxygen atoms in total. The Hall–Kier alpha value is -4.14. The van der Waals surface area contributed by atoms with Gasteiger partial charge in [-0.05, 0) is 60.5 Å². The molecule has 14 heteroatoms. The highest BCUT2D eigenvalue weighted by Gasteiger charge is 2.34. The van der Waals surface area contributed by atoms with E-state index in [1.54, 1.807) is 16.2 Å². The number of hydrogen-bond acceptors (Lipinski definition) is 10. The largest absolute Gasteiger partial charge is 0.480 e. The van der Waals surface area contributed by atoms with Crippen LogP contribution in [-0.2, 0) is 23.8 Å². The molecule has 1 fully saturated rings. The molecule has 3 atom stereocenters. The number of carbonyl (C=O) groups is 3. The molecule has 5 rings (SSSR count). The Kier molecular flexibility index (Phi) is 11.7. The Bertz CT molecular complexity index is 1730. The van der Waals surface area contributed by atoms with E-state index in [2.05, 4.69) is 60.6 Å². The fourth-order valence-electron chi connectivity index (χ4n) is 6.34. The molecule has 0 spiro atoms. The maximum absolute atomic E-state index is 13.3. The monoisotopic (exact) mass is 708 g/mol. The summed E-state index contributed by atoms with van der Waals surface area (Å²) in [6, 6.07) is 7.74. The van der Waals surface area contributed by atoms with Gasteiger partial charge < -0.3 is 29.5 Å². The van der Waals surface area contributed by atoms with Gasteiger partial charge in [0.1, 0.15) is 29.1 Å². The van der Waals surface area contributed by atoms with Gasteiger partial charge in [0.2, 0.25) is 5.91 Å². The SMILES string of the molecule is Cc1ccc(C2=N[C@@H](CC(=O)NCCOCC3CC(COCC(=O)O)CN(C(=O)OC(C)(C)C)C3)c3nnc(C)n3-c3sc(C)c(C)c32)cc1. The van der Waals surface area contributed by atoms with Gasteiger partial charge in [-0.2, -0.15) is 0 Å². The Morgan fingerprint density at radius 2 is 1.68 bits per heavy atom. The van der Waals surface area contributed by atoms with Crippen molar-refractivity contribution in [1.29, 1.82) is 0 Å². The number of nitrogens with zero attached hydrogens (tertiary/aromatic N) is 5. The lowest BCUT2D eigenvalue weighted by Crippen LogP contribution is -2.48. The van der Waals surface area contributed by atoms with Crippen LogP contribution in [0.15, 0.2) is 29.3 Å². The molecule has 0 bridgehead atoms. The molecule has 0 aliphatic carbocycles. The highest BCUT2D eigenvalue weighted by molar-refractivity contribution is 7.15. The summed E-state index contributed by atoms with van der Waals surface area (Å²) in [5.74, 6) is 0.0897. The maximum Gasteiger partial charge on any atom is 0.410 e. The molecule has 2 unspecified atom stereocenters. The molecule has 1 saturated heterocycles. The van der Waals surface area contributed by atoms with Crippen LogP contribution in [0.3, 0.4) is 0 Å². The number of carboxylic acid groups (broad SMARTS) is 1. The van der Waals surface area contributed by atoms with E-state index in [1.165, 1.54) is 4.88 Å². The molecule has 3 aromatic rings. The minimum absolute atomic E-state index is 0.00557. The van der Waals surface area contributed by atoms with Gasteiger partial charge >= 0.3 is 12.1 Å². The van der Waals surface area contributed by atoms with Crippen LogP contribution in [0.2, 0.25) is 0 Å². The molecule has 270 valence electrons. The smallest absolute Gasteiger partial charge is 0.410 e. The van der Waals surface area contributed by atoms with Crippen molar-refractivity contribution in [2.24, 2.45) is 16.8 Å². The lowest BCUT2D eigenvalue weighted by Gasteiger charge is -2.38. The highest BCUT2D eigenvalue weighted by Crippen LogP contribution is 2.39. The number of carboxylic acids is 1. The molecule has 1 aromatic carbocycles. The Morgan fingerprint density at radius 1 is 1.00 bits per heavy atom. The van der Waals surface area contributed by atoms with Crippen molar-refractivity contribution in [3.8, 4) is 5.00 Å². The zero-order valence-corrected chi connectivity index (χ0v) is 30.8. The van der Waals surface area contributed by atoms with E-state index in [0.29, 0.717) is 38.5 Å². The number of likely N-dealkylation sites (tertiary alicyclic amines) is 1. The van der Waals surface area contributed by atoms with Gasteiger partial charge in [-0.15, -0.1) is 21.5 Å². The van der Waals surface area contributed by atoms with E-state index in [4.69, 9.17) is 24.3 Å². The van der Waals surface area contributed by atoms with Crippen molar-refractivity contribution in [3.05, 3.63) is 63.0 Å². The number of piperidine rings is 1. The Labute approximate surface area is 297 Å². The number of nitrogens with one attached hydrogen (secondary N) is 1. The van der Waals surface area contributed by atoms with Gasteiger partial charge in [0.15, 0.2) is 5.82 Å². The second-order valence-corrected chi connectivity index (χ2v) is 15.4. The highest BCUT2D eigenvalue weighted by atomic mass is 32.1. The van der Waals surface area contributed by atoms with E-state index in [9.17, 15) is 14.4 Å². The van der Waals surface area contributed by atoms with E-state index in [1.807, 2.05) is 32.3 Å². The number of rotatable bonds is 12. The number of carbonyl (C=O) groups excluding carboxylic acids is 2. The van der Waals surface area contributed by atoms with E-state index in [0.717, 1.165) is 38.8 Å². The maximum atomic E-state index is 13.3. The third kappa shape index (κ3) is 9.15. The predicted octanol–water partition coefficient (Wildman–Crippen LogP) is 4.95. The Balaban J connectivity index is 1.21. The van der Waals surface area contributed by atoms with Crippen molar-refractivity contribution in [1.82, 2.24) is 25.0 Å². The van der Waals surface area contributed by atoms with Crippen LogP contribution in [0.25, 0.3) is 5.00 Å². The zero-order chi connectivity index (χ0) is 36.2. The molecule has 2 aliphatic heterocycles. The summed E-state index contributed by atoms with van der Waals surface area (Å²) in [5, 5.41) is 21.8. The quantitative estimate of drug-likeness (QED) is 0.249. The summed E-state index contributed by atoms with van der Waals surface area (Å²) >= 11 is 1.68. The summed E-state index contributed by atoms with van der Waals surface area (Å²) in [6.07, 6.45) is 0.376. The van der Waals surface area contributed by atoms with E-state index < -0.39 is 30.3 Å². The van der Waals surface area contributed by atoms with Crippen molar-refractivity contribution >= 4 is 35.0 Å². The summed E-state index contributed by atoms with van der Waals surface area (Å²) in [7, 11) is 0. The van der Waals surface area contributed by atoms with Gasteiger partial charge in [-0.1, -0.05) is 29.8 Å². The van der Waals surface area contributed by atoms with Crippen LogP contribution in [0, 0.1) is 39.5 Å². The molecule has 2 aromatic heterocycles.